The van der Waals surface area contributed by atoms with E-state index in [1.54, 1.807) is 6.08 Å². The Hall–Kier alpha value is -3.51. The quantitative estimate of drug-likeness (QED) is 0.151. The third kappa shape index (κ3) is 7.54. The van der Waals surface area contributed by atoms with Crippen LogP contribution in [0.25, 0.3) is 0 Å². The number of rotatable bonds is 9. The average Bonchev–Trinajstić information content (AvgIpc) is 3.35. The van der Waals surface area contributed by atoms with Crippen LogP contribution in [-0.2, 0) is 57.1 Å². The molecule has 0 bridgehead atoms. The number of hydrogen-bond acceptors (Lipinski definition) is 12. The summed E-state index contributed by atoms with van der Waals surface area (Å²) in [6.45, 7) is 13.2. The standard InChI is InChI=1S/C34H46O12/c1-18-9-12-26-33(6,7)27(13-15-34(26,8)24(18)11-10-23-14-16-40-31(23)39)46-32-30(44-22(5)38)29(43-21(4)37)28(42-20(3)36)25(45-32)17-41-19(2)35/h10,14,16,25-30,32H,9,11-13,15,17H2,1-8H3/b23-10-/t25-,26?,27+,28-,29+,30-,32+,34-/m1/s1. The maximum Gasteiger partial charge on any atom is 0.342 e. The van der Waals surface area contributed by atoms with Crippen LogP contribution in [0.2, 0.25) is 0 Å². The molecule has 2 heterocycles. The van der Waals surface area contributed by atoms with Crippen LogP contribution < -0.4 is 0 Å². The van der Waals surface area contributed by atoms with Gasteiger partial charge in [0.05, 0.1) is 17.9 Å². The second kappa shape index (κ2) is 14.1. The molecule has 254 valence electrons. The van der Waals surface area contributed by atoms with E-state index in [4.69, 9.17) is 33.2 Å². The van der Waals surface area contributed by atoms with Gasteiger partial charge in [0.15, 0.2) is 24.6 Å². The highest BCUT2D eigenvalue weighted by atomic mass is 16.7. The molecule has 12 nitrogen and oxygen atoms in total. The molecule has 1 saturated heterocycles. The highest BCUT2D eigenvalue weighted by Gasteiger charge is 2.58. The molecule has 4 rings (SSSR count). The van der Waals surface area contributed by atoms with Crippen LogP contribution in [0.4, 0.5) is 0 Å². The van der Waals surface area contributed by atoms with Gasteiger partial charge in [0.25, 0.3) is 0 Å². The molecule has 8 atom stereocenters. The van der Waals surface area contributed by atoms with Crippen molar-refractivity contribution >= 4 is 29.8 Å². The van der Waals surface area contributed by atoms with Crippen molar-refractivity contribution in [3.05, 3.63) is 35.1 Å². The van der Waals surface area contributed by atoms with Crippen molar-refractivity contribution in [3.63, 3.8) is 0 Å². The van der Waals surface area contributed by atoms with Gasteiger partial charge in [-0.1, -0.05) is 38.0 Å². The summed E-state index contributed by atoms with van der Waals surface area (Å²) >= 11 is 0. The van der Waals surface area contributed by atoms with E-state index in [2.05, 4.69) is 27.7 Å². The van der Waals surface area contributed by atoms with Crippen LogP contribution in [0, 0.1) is 16.7 Å². The molecule has 4 aliphatic rings. The number of fused-ring (bicyclic) bond motifs is 1. The Morgan fingerprint density at radius 2 is 1.54 bits per heavy atom. The third-order valence-electron chi connectivity index (χ3n) is 9.87. The molecule has 1 saturated carbocycles. The lowest BCUT2D eigenvalue weighted by molar-refractivity contribution is -0.329. The molecule has 12 heteroatoms. The number of hydrogen-bond donors (Lipinski definition) is 0. The average molecular weight is 647 g/mol. The number of carbonyl (C=O) groups excluding carboxylic acids is 5. The summed E-state index contributed by atoms with van der Waals surface area (Å²) in [6.07, 6.45) is 2.38. The summed E-state index contributed by atoms with van der Waals surface area (Å²) in [4.78, 5) is 60.4. The number of carbonyl (C=O) groups is 5. The van der Waals surface area contributed by atoms with Gasteiger partial charge in [-0.2, -0.15) is 0 Å². The minimum absolute atomic E-state index is 0.170. The highest BCUT2D eigenvalue weighted by molar-refractivity contribution is 5.94. The summed E-state index contributed by atoms with van der Waals surface area (Å²) in [7, 11) is 0. The lowest BCUT2D eigenvalue weighted by Gasteiger charge is -2.58. The van der Waals surface area contributed by atoms with E-state index >= 15 is 0 Å². The van der Waals surface area contributed by atoms with E-state index in [1.807, 2.05) is 6.08 Å². The largest absolute Gasteiger partial charge is 0.463 e. The molecule has 0 aromatic heterocycles. The first-order valence-corrected chi connectivity index (χ1v) is 15.8. The molecule has 0 amide bonds. The molecular weight excluding hydrogens is 600 g/mol. The predicted molar refractivity (Wildman–Crippen MR) is 161 cm³/mol. The Morgan fingerprint density at radius 3 is 2.13 bits per heavy atom. The van der Waals surface area contributed by atoms with Crippen molar-refractivity contribution in [2.24, 2.45) is 16.7 Å². The van der Waals surface area contributed by atoms with E-state index < -0.39 is 60.0 Å². The van der Waals surface area contributed by atoms with Gasteiger partial charge in [-0.15, -0.1) is 0 Å². The Labute approximate surface area is 269 Å². The Balaban J connectivity index is 1.64. The minimum atomic E-state index is -1.29. The molecule has 1 unspecified atom stereocenters. The van der Waals surface area contributed by atoms with Crippen molar-refractivity contribution in [1.29, 1.82) is 0 Å². The zero-order valence-electron chi connectivity index (χ0n) is 27.9. The first-order valence-electron chi connectivity index (χ1n) is 15.8. The highest BCUT2D eigenvalue weighted by Crippen LogP contribution is 2.61. The first kappa shape index (κ1) is 35.3. The van der Waals surface area contributed by atoms with Crippen LogP contribution in [0.15, 0.2) is 35.1 Å². The molecule has 0 spiro atoms. The monoisotopic (exact) mass is 646 g/mol. The van der Waals surface area contributed by atoms with Crippen LogP contribution >= 0.6 is 0 Å². The molecular formula is C34H46O12. The summed E-state index contributed by atoms with van der Waals surface area (Å²) in [5, 5.41) is 0. The zero-order valence-corrected chi connectivity index (χ0v) is 27.9. The van der Waals surface area contributed by atoms with Crippen LogP contribution in [-0.4, -0.2) is 73.3 Å². The van der Waals surface area contributed by atoms with Gasteiger partial charge in [-0.25, -0.2) is 4.79 Å². The van der Waals surface area contributed by atoms with Gasteiger partial charge in [0, 0.05) is 27.7 Å². The van der Waals surface area contributed by atoms with E-state index in [0.717, 1.165) is 19.3 Å². The van der Waals surface area contributed by atoms with Gasteiger partial charge in [-0.05, 0) is 61.9 Å². The number of esters is 5. The van der Waals surface area contributed by atoms with Gasteiger partial charge >= 0.3 is 29.8 Å². The van der Waals surface area contributed by atoms with Crippen molar-refractivity contribution < 1.29 is 57.1 Å². The summed E-state index contributed by atoms with van der Waals surface area (Å²) in [5.41, 5.74) is 2.60. The van der Waals surface area contributed by atoms with Gasteiger partial charge in [0.1, 0.15) is 12.7 Å². The topological polar surface area (TPSA) is 150 Å². The summed E-state index contributed by atoms with van der Waals surface area (Å²) in [6, 6.07) is 0. The normalized spacial score (nSPS) is 34.4. The van der Waals surface area contributed by atoms with Crippen molar-refractivity contribution in [3.8, 4) is 0 Å². The number of cyclic esters (lactones) is 1. The molecule has 2 fully saturated rings. The van der Waals surface area contributed by atoms with E-state index in [-0.39, 0.29) is 30.0 Å². The lowest BCUT2D eigenvalue weighted by atomic mass is 9.49. The predicted octanol–water partition coefficient (Wildman–Crippen LogP) is 4.39. The van der Waals surface area contributed by atoms with Gasteiger partial charge < -0.3 is 33.2 Å². The molecule has 0 aromatic rings. The molecule has 0 radical (unpaired) electrons. The fourth-order valence-corrected chi connectivity index (χ4v) is 7.85. The maximum atomic E-state index is 12.3. The number of allylic oxidation sites excluding steroid dienone is 3. The second-order valence-electron chi connectivity index (χ2n) is 13.4. The smallest absolute Gasteiger partial charge is 0.342 e. The molecule has 0 aromatic carbocycles. The van der Waals surface area contributed by atoms with E-state index in [0.29, 0.717) is 18.4 Å². The Bertz CT molecular complexity index is 1320. The zero-order chi connectivity index (χ0) is 34.0. The van der Waals surface area contributed by atoms with E-state index in [9.17, 15) is 24.0 Å². The van der Waals surface area contributed by atoms with Crippen molar-refractivity contribution in [1.82, 2.24) is 0 Å². The van der Waals surface area contributed by atoms with Crippen LogP contribution in [0.3, 0.4) is 0 Å². The van der Waals surface area contributed by atoms with Crippen molar-refractivity contribution in [2.45, 2.75) is 124 Å². The lowest BCUT2D eigenvalue weighted by Crippen LogP contribution is -2.64. The van der Waals surface area contributed by atoms with Crippen LogP contribution in [0.5, 0.6) is 0 Å². The number of ether oxygens (including phenoxy) is 7. The molecule has 46 heavy (non-hydrogen) atoms. The Morgan fingerprint density at radius 1 is 0.913 bits per heavy atom. The van der Waals surface area contributed by atoms with Gasteiger partial charge in [-0.3, -0.25) is 19.2 Å². The second-order valence-corrected chi connectivity index (χ2v) is 13.4. The molecule has 0 N–H and O–H groups in total. The SMILES string of the molecule is CC(=O)OC[C@H]1O[C@@H](O[C@H]2CC[C@]3(C)C(C/C=C4/C=COC4=O)=C(C)CCC3C2(C)C)[C@H](OC(C)=O)[C@@H](OC(C)=O)[C@@H]1OC(C)=O. The minimum Gasteiger partial charge on any atom is -0.463 e. The van der Waals surface area contributed by atoms with Crippen LogP contribution in [0.1, 0.15) is 87.5 Å². The summed E-state index contributed by atoms with van der Waals surface area (Å²) < 4.78 is 39.9. The summed E-state index contributed by atoms with van der Waals surface area (Å²) in [5.74, 6) is -2.82. The van der Waals surface area contributed by atoms with E-state index in [1.165, 1.54) is 45.1 Å². The fourth-order valence-electron chi connectivity index (χ4n) is 7.85. The fraction of sp³-hybridized carbons (Fsp3) is 0.676. The molecule has 2 aliphatic carbocycles. The third-order valence-corrected chi connectivity index (χ3v) is 9.87. The van der Waals surface area contributed by atoms with Gasteiger partial charge in [0.2, 0.25) is 0 Å². The Kier molecular flexibility index (Phi) is 10.8. The molecule has 2 aliphatic heterocycles. The first-order chi connectivity index (χ1) is 21.5. The van der Waals surface area contributed by atoms with Crippen molar-refractivity contribution in [2.75, 3.05) is 6.61 Å². The maximum absolute atomic E-state index is 12.3.